The number of carbonyl (C=O) groups is 1. The number of nitrogens with zero attached hydrogens (tertiary/aromatic N) is 2. The minimum absolute atomic E-state index is 0.0733. The monoisotopic (exact) mass is 313 g/mol. The van der Waals surface area contributed by atoms with Crippen LogP contribution in [-0.2, 0) is 0 Å². The quantitative estimate of drug-likeness (QED) is 0.907. The highest BCUT2D eigenvalue weighted by atomic mass is 16.2. The third-order valence-corrected chi connectivity index (χ3v) is 6.07. The van der Waals surface area contributed by atoms with Gasteiger partial charge in [-0.25, -0.2) is 4.79 Å². The van der Waals surface area contributed by atoms with Crippen molar-refractivity contribution in [2.75, 3.05) is 32.0 Å². The van der Waals surface area contributed by atoms with E-state index in [-0.39, 0.29) is 6.03 Å². The smallest absolute Gasteiger partial charge is 0.320 e. The van der Waals surface area contributed by atoms with Crippen molar-refractivity contribution in [1.29, 1.82) is 0 Å². The number of urea groups is 1. The van der Waals surface area contributed by atoms with Crippen LogP contribution in [0.5, 0.6) is 0 Å². The number of rotatable bonds is 2. The van der Waals surface area contributed by atoms with E-state index in [1.54, 1.807) is 0 Å². The SMILES string of the molecule is CN1CC[C@H]2CCN(C(=O)Nc3ccc(C4CCC4)cc3)[C@H]2C1. The Kier molecular flexibility index (Phi) is 4.02. The van der Waals surface area contributed by atoms with E-state index in [1.165, 1.54) is 37.8 Å². The lowest BCUT2D eigenvalue weighted by atomic mass is 9.80. The van der Waals surface area contributed by atoms with Gasteiger partial charge in [0.1, 0.15) is 0 Å². The van der Waals surface area contributed by atoms with Gasteiger partial charge in [-0.15, -0.1) is 0 Å². The largest absolute Gasteiger partial charge is 0.322 e. The summed E-state index contributed by atoms with van der Waals surface area (Å²) in [6.07, 6.45) is 6.37. The number of amides is 2. The van der Waals surface area contributed by atoms with Crippen molar-refractivity contribution in [1.82, 2.24) is 9.80 Å². The van der Waals surface area contributed by atoms with Gasteiger partial charge in [-0.1, -0.05) is 18.6 Å². The Hall–Kier alpha value is -1.55. The second-order valence-corrected chi connectivity index (χ2v) is 7.54. The van der Waals surface area contributed by atoms with Crippen LogP contribution in [-0.4, -0.2) is 48.6 Å². The average molecular weight is 313 g/mol. The van der Waals surface area contributed by atoms with Crippen molar-refractivity contribution in [3.63, 3.8) is 0 Å². The third kappa shape index (κ3) is 2.97. The molecule has 0 bridgehead atoms. The zero-order valence-corrected chi connectivity index (χ0v) is 14.0. The summed E-state index contributed by atoms with van der Waals surface area (Å²) in [6.45, 7) is 3.08. The molecule has 0 spiro atoms. The number of likely N-dealkylation sites (tertiary alicyclic amines) is 2. The highest BCUT2D eigenvalue weighted by Gasteiger charge is 2.39. The predicted molar refractivity (Wildman–Crippen MR) is 92.8 cm³/mol. The van der Waals surface area contributed by atoms with Crippen LogP contribution in [0.2, 0.25) is 0 Å². The highest BCUT2D eigenvalue weighted by Crippen LogP contribution is 2.36. The molecular weight excluding hydrogens is 286 g/mol. The Morgan fingerprint density at radius 2 is 1.83 bits per heavy atom. The Morgan fingerprint density at radius 1 is 1.09 bits per heavy atom. The van der Waals surface area contributed by atoms with Crippen molar-refractivity contribution >= 4 is 11.7 Å². The van der Waals surface area contributed by atoms with Crippen molar-refractivity contribution < 1.29 is 4.79 Å². The second kappa shape index (κ2) is 6.16. The first-order valence-corrected chi connectivity index (χ1v) is 9.07. The molecule has 124 valence electrons. The standard InChI is InChI=1S/C19H27N3O/c1-21-11-9-16-10-12-22(18(16)13-21)19(23)20-17-7-5-15(6-8-17)14-3-2-4-14/h5-8,14,16,18H,2-4,9-13H2,1H3,(H,20,23)/t16-,18-/m0/s1. The number of nitrogens with one attached hydrogen (secondary N) is 1. The maximum Gasteiger partial charge on any atom is 0.322 e. The molecule has 23 heavy (non-hydrogen) atoms. The Bertz CT molecular complexity index is 566. The number of piperidine rings is 1. The van der Waals surface area contributed by atoms with E-state index in [2.05, 4.69) is 46.4 Å². The van der Waals surface area contributed by atoms with E-state index in [9.17, 15) is 4.79 Å². The van der Waals surface area contributed by atoms with Gasteiger partial charge in [0, 0.05) is 24.8 Å². The molecule has 1 N–H and O–H groups in total. The lowest BCUT2D eigenvalue weighted by Gasteiger charge is -2.36. The summed E-state index contributed by atoms with van der Waals surface area (Å²) in [5.74, 6) is 1.44. The van der Waals surface area contributed by atoms with Gasteiger partial charge in [0.2, 0.25) is 0 Å². The van der Waals surface area contributed by atoms with Gasteiger partial charge in [-0.05, 0) is 68.8 Å². The summed E-state index contributed by atoms with van der Waals surface area (Å²) >= 11 is 0. The average Bonchev–Trinajstić information content (AvgIpc) is 2.90. The number of benzene rings is 1. The molecule has 2 atom stereocenters. The number of likely N-dealkylation sites (N-methyl/N-ethyl adjacent to an activating group) is 1. The predicted octanol–water partition coefficient (Wildman–Crippen LogP) is 3.51. The van der Waals surface area contributed by atoms with Gasteiger partial charge in [0.25, 0.3) is 0 Å². The molecule has 3 aliphatic rings. The molecule has 2 heterocycles. The summed E-state index contributed by atoms with van der Waals surface area (Å²) in [6, 6.07) is 8.95. The van der Waals surface area contributed by atoms with Gasteiger partial charge in [0.05, 0.1) is 0 Å². The molecule has 2 amide bonds. The number of anilines is 1. The van der Waals surface area contributed by atoms with Gasteiger partial charge >= 0.3 is 6.03 Å². The second-order valence-electron chi connectivity index (χ2n) is 7.54. The minimum atomic E-state index is 0.0733. The van der Waals surface area contributed by atoms with Crippen LogP contribution in [0.4, 0.5) is 10.5 Å². The number of hydrogen-bond donors (Lipinski definition) is 1. The summed E-state index contributed by atoms with van der Waals surface area (Å²) in [5, 5.41) is 3.10. The Labute approximate surface area is 138 Å². The van der Waals surface area contributed by atoms with Gasteiger partial charge in [0.15, 0.2) is 0 Å². The molecule has 1 aromatic rings. The molecule has 0 radical (unpaired) electrons. The Morgan fingerprint density at radius 3 is 2.52 bits per heavy atom. The molecular formula is C19H27N3O. The van der Waals surface area contributed by atoms with E-state index < -0.39 is 0 Å². The van der Waals surface area contributed by atoms with E-state index in [4.69, 9.17) is 0 Å². The first-order valence-electron chi connectivity index (χ1n) is 9.07. The summed E-state index contributed by atoms with van der Waals surface area (Å²) in [4.78, 5) is 17.1. The molecule has 1 aliphatic carbocycles. The number of carbonyl (C=O) groups excluding carboxylic acids is 1. The molecule has 3 fully saturated rings. The van der Waals surface area contributed by atoms with Crippen LogP contribution in [0.1, 0.15) is 43.6 Å². The lowest BCUT2D eigenvalue weighted by Crippen LogP contribution is -2.49. The maximum atomic E-state index is 12.7. The summed E-state index contributed by atoms with van der Waals surface area (Å²) in [5.41, 5.74) is 2.34. The fourth-order valence-electron chi connectivity index (χ4n) is 4.33. The van der Waals surface area contributed by atoms with Gasteiger partial charge in [-0.3, -0.25) is 0 Å². The molecule has 0 aromatic heterocycles. The molecule has 1 saturated carbocycles. The molecule has 4 heteroatoms. The fraction of sp³-hybridized carbons (Fsp3) is 0.632. The van der Waals surface area contributed by atoms with Crippen LogP contribution in [0, 0.1) is 5.92 Å². The number of fused-ring (bicyclic) bond motifs is 1. The van der Waals surface area contributed by atoms with Crippen LogP contribution >= 0.6 is 0 Å². The molecule has 4 rings (SSSR count). The van der Waals surface area contributed by atoms with Crippen molar-refractivity contribution in [3.8, 4) is 0 Å². The first kappa shape index (κ1) is 15.0. The van der Waals surface area contributed by atoms with Gasteiger partial charge in [-0.2, -0.15) is 0 Å². The van der Waals surface area contributed by atoms with Gasteiger partial charge < -0.3 is 15.1 Å². The molecule has 1 aromatic carbocycles. The van der Waals surface area contributed by atoms with E-state index >= 15 is 0 Å². The van der Waals surface area contributed by atoms with Crippen molar-refractivity contribution in [3.05, 3.63) is 29.8 Å². The number of hydrogen-bond acceptors (Lipinski definition) is 2. The maximum absolute atomic E-state index is 12.7. The van der Waals surface area contributed by atoms with Crippen LogP contribution < -0.4 is 5.32 Å². The van der Waals surface area contributed by atoms with Crippen LogP contribution in [0.3, 0.4) is 0 Å². The first-order chi connectivity index (χ1) is 11.2. The lowest BCUT2D eigenvalue weighted by molar-refractivity contribution is 0.137. The normalized spacial score (nSPS) is 28.3. The van der Waals surface area contributed by atoms with Crippen LogP contribution in [0.25, 0.3) is 0 Å². The summed E-state index contributed by atoms with van der Waals surface area (Å²) in [7, 11) is 2.16. The van der Waals surface area contributed by atoms with Crippen molar-refractivity contribution in [2.45, 2.75) is 44.1 Å². The minimum Gasteiger partial charge on any atom is -0.320 e. The zero-order valence-electron chi connectivity index (χ0n) is 14.0. The Balaban J connectivity index is 1.39. The highest BCUT2D eigenvalue weighted by molar-refractivity contribution is 5.89. The molecule has 0 unspecified atom stereocenters. The third-order valence-electron chi connectivity index (χ3n) is 6.07. The van der Waals surface area contributed by atoms with Crippen molar-refractivity contribution in [2.24, 2.45) is 5.92 Å². The van der Waals surface area contributed by atoms with E-state index in [0.717, 1.165) is 31.1 Å². The fourth-order valence-corrected chi connectivity index (χ4v) is 4.33. The van der Waals surface area contributed by atoms with Crippen LogP contribution in [0.15, 0.2) is 24.3 Å². The molecule has 2 aliphatic heterocycles. The molecule has 4 nitrogen and oxygen atoms in total. The van der Waals surface area contributed by atoms with E-state index in [0.29, 0.717) is 12.0 Å². The van der Waals surface area contributed by atoms with E-state index in [1.807, 2.05) is 0 Å². The zero-order chi connectivity index (χ0) is 15.8. The topological polar surface area (TPSA) is 35.6 Å². The summed E-state index contributed by atoms with van der Waals surface area (Å²) < 4.78 is 0. The molecule has 2 saturated heterocycles.